The van der Waals surface area contributed by atoms with Gasteiger partial charge in [0.25, 0.3) is 11.7 Å². The lowest BCUT2D eigenvalue weighted by molar-refractivity contribution is -0.0258. The van der Waals surface area contributed by atoms with E-state index in [4.69, 9.17) is 4.74 Å². The van der Waals surface area contributed by atoms with Crippen molar-refractivity contribution in [1.29, 1.82) is 0 Å². The molecular formula is C20H19F2N5O2. The summed E-state index contributed by atoms with van der Waals surface area (Å²) in [6.45, 7) is 2.61. The highest BCUT2D eigenvalue weighted by atomic mass is 19.2. The third kappa shape index (κ3) is 3.15. The molecule has 29 heavy (non-hydrogen) atoms. The molecule has 3 aromatic rings. The standard InChI is InChI=1S/C20H19F2N5O2/c1-11-8-15(27-20(25-11)23-10-24-27)16-9-26(6-7-29-16)19(28)14-5-4-13(12-2-3-12)17(21)18(14)22/h4-5,8,10,12,16H,2-3,6-7,9H2,1H3/t16-/m1/s1. The van der Waals surface area contributed by atoms with Gasteiger partial charge in [-0.15, -0.1) is 0 Å². The van der Waals surface area contributed by atoms with Gasteiger partial charge in [0, 0.05) is 12.2 Å². The normalized spacial score (nSPS) is 19.7. The molecule has 5 rings (SSSR count). The lowest BCUT2D eigenvalue weighted by atomic mass is 10.0. The molecule has 2 aromatic heterocycles. The van der Waals surface area contributed by atoms with Crippen LogP contribution in [0.2, 0.25) is 0 Å². The molecular weight excluding hydrogens is 380 g/mol. The lowest BCUT2D eigenvalue weighted by Crippen LogP contribution is -2.43. The van der Waals surface area contributed by atoms with Gasteiger partial charge in [0.1, 0.15) is 12.4 Å². The second kappa shape index (κ2) is 6.84. The zero-order valence-corrected chi connectivity index (χ0v) is 15.8. The second-order valence-corrected chi connectivity index (χ2v) is 7.51. The first kappa shape index (κ1) is 18.1. The van der Waals surface area contributed by atoms with Crippen molar-refractivity contribution in [2.45, 2.75) is 31.8 Å². The summed E-state index contributed by atoms with van der Waals surface area (Å²) in [5, 5.41) is 4.17. The zero-order valence-electron chi connectivity index (χ0n) is 15.8. The van der Waals surface area contributed by atoms with E-state index in [9.17, 15) is 13.6 Å². The number of carbonyl (C=O) groups is 1. The molecule has 1 aliphatic carbocycles. The van der Waals surface area contributed by atoms with Crippen LogP contribution in [0.3, 0.4) is 0 Å². The van der Waals surface area contributed by atoms with Crippen molar-refractivity contribution in [3.05, 3.63) is 58.7 Å². The molecule has 2 aliphatic rings. The number of benzene rings is 1. The fourth-order valence-electron chi connectivity index (χ4n) is 3.81. The summed E-state index contributed by atoms with van der Waals surface area (Å²) in [7, 11) is 0. The molecule has 1 saturated heterocycles. The fraction of sp³-hybridized carbons (Fsp3) is 0.400. The van der Waals surface area contributed by atoms with Crippen molar-refractivity contribution in [1.82, 2.24) is 24.5 Å². The van der Waals surface area contributed by atoms with E-state index in [0.717, 1.165) is 18.5 Å². The Bertz CT molecular complexity index is 1110. The van der Waals surface area contributed by atoms with Crippen LogP contribution in [0.25, 0.3) is 5.78 Å². The Morgan fingerprint density at radius 3 is 2.86 bits per heavy atom. The van der Waals surface area contributed by atoms with Crippen LogP contribution in [0, 0.1) is 18.6 Å². The summed E-state index contributed by atoms with van der Waals surface area (Å²) in [6.07, 6.45) is 2.64. The molecule has 1 aliphatic heterocycles. The number of ether oxygens (including phenoxy) is 1. The molecule has 0 radical (unpaired) electrons. The molecule has 1 amide bonds. The zero-order chi connectivity index (χ0) is 20.1. The van der Waals surface area contributed by atoms with Crippen molar-refractivity contribution in [2.75, 3.05) is 19.7 Å². The quantitative estimate of drug-likeness (QED) is 0.677. The fourth-order valence-corrected chi connectivity index (χ4v) is 3.81. The smallest absolute Gasteiger partial charge is 0.257 e. The maximum atomic E-state index is 14.6. The highest BCUT2D eigenvalue weighted by Gasteiger charge is 2.33. The van der Waals surface area contributed by atoms with E-state index >= 15 is 0 Å². The minimum atomic E-state index is -1.07. The molecule has 1 aromatic carbocycles. The van der Waals surface area contributed by atoms with Crippen molar-refractivity contribution >= 4 is 11.7 Å². The van der Waals surface area contributed by atoms with Gasteiger partial charge in [-0.3, -0.25) is 4.79 Å². The topological polar surface area (TPSA) is 72.6 Å². The van der Waals surface area contributed by atoms with E-state index in [1.165, 1.54) is 23.4 Å². The summed E-state index contributed by atoms with van der Waals surface area (Å²) in [6, 6.07) is 4.75. The van der Waals surface area contributed by atoms with Crippen LogP contribution in [0.1, 0.15) is 52.2 Å². The number of hydrogen-bond donors (Lipinski definition) is 0. The molecule has 0 unspecified atom stereocenters. The first-order valence-corrected chi connectivity index (χ1v) is 9.59. The molecule has 0 N–H and O–H groups in total. The SMILES string of the molecule is Cc1cc([C@H]2CN(C(=O)c3ccc(C4CC4)c(F)c3F)CCO2)n2ncnc2n1. The average molecular weight is 399 g/mol. The Morgan fingerprint density at radius 2 is 2.07 bits per heavy atom. The van der Waals surface area contributed by atoms with Crippen molar-refractivity contribution < 1.29 is 18.3 Å². The largest absolute Gasteiger partial charge is 0.368 e. The van der Waals surface area contributed by atoms with Crippen LogP contribution < -0.4 is 0 Å². The molecule has 9 heteroatoms. The number of hydrogen-bond acceptors (Lipinski definition) is 5. The van der Waals surface area contributed by atoms with Crippen LogP contribution >= 0.6 is 0 Å². The van der Waals surface area contributed by atoms with E-state index in [1.807, 2.05) is 13.0 Å². The number of carbonyl (C=O) groups excluding carboxylic acids is 1. The van der Waals surface area contributed by atoms with Crippen LogP contribution in [0.5, 0.6) is 0 Å². The third-order valence-corrected chi connectivity index (χ3v) is 5.45. The minimum absolute atomic E-state index is 0.0708. The Hall–Kier alpha value is -2.94. The minimum Gasteiger partial charge on any atom is -0.368 e. The lowest BCUT2D eigenvalue weighted by Gasteiger charge is -2.33. The maximum Gasteiger partial charge on any atom is 0.257 e. The van der Waals surface area contributed by atoms with Crippen LogP contribution in [-0.4, -0.2) is 50.1 Å². The van der Waals surface area contributed by atoms with Gasteiger partial charge in [-0.2, -0.15) is 14.6 Å². The molecule has 3 heterocycles. The molecule has 7 nitrogen and oxygen atoms in total. The number of nitrogens with zero attached hydrogens (tertiary/aromatic N) is 5. The van der Waals surface area contributed by atoms with E-state index in [-0.39, 0.29) is 24.6 Å². The van der Waals surface area contributed by atoms with Gasteiger partial charge in [-0.25, -0.2) is 13.8 Å². The van der Waals surface area contributed by atoms with Gasteiger partial charge in [-0.1, -0.05) is 6.07 Å². The van der Waals surface area contributed by atoms with Crippen LogP contribution in [-0.2, 0) is 4.74 Å². The Balaban J connectivity index is 1.43. The molecule has 0 bridgehead atoms. The molecule has 150 valence electrons. The number of halogens is 2. The average Bonchev–Trinajstić information content (AvgIpc) is 3.46. The van der Waals surface area contributed by atoms with Gasteiger partial charge in [0.2, 0.25) is 0 Å². The van der Waals surface area contributed by atoms with E-state index in [1.54, 1.807) is 4.52 Å². The summed E-state index contributed by atoms with van der Waals surface area (Å²) >= 11 is 0. The van der Waals surface area contributed by atoms with Gasteiger partial charge in [0.05, 0.1) is 24.4 Å². The van der Waals surface area contributed by atoms with E-state index in [2.05, 4.69) is 15.1 Å². The van der Waals surface area contributed by atoms with Crippen LogP contribution in [0.15, 0.2) is 24.5 Å². The Morgan fingerprint density at radius 1 is 1.24 bits per heavy atom. The number of rotatable bonds is 3. The van der Waals surface area contributed by atoms with Crippen LogP contribution in [0.4, 0.5) is 8.78 Å². The highest BCUT2D eigenvalue weighted by molar-refractivity contribution is 5.94. The first-order valence-electron chi connectivity index (χ1n) is 9.59. The number of aryl methyl sites for hydroxylation is 1. The van der Waals surface area contributed by atoms with Gasteiger partial charge < -0.3 is 9.64 Å². The Labute approximate surface area is 165 Å². The van der Waals surface area contributed by atoms with Gasteiger partial charge >= 0.3 is 0 Å². The van der Waals surface area contributed by atoms with Crippen molar-refractivity contribution in [2.24, 2.45) is 0 Å². The second-order valence-electron chi connectivity index (χ2n) is 7.51. The molecule has 2 fully saturated rings. The van der Waals surface area contributed by atoms with E-state index in [0.29, 0.717) is 23.6 Å². The Kier molecular flexibility index (Phi) is 4.27. The molecule has 1 saturated carbocycles. The number of fused-ring (bicyclic) bond motifs is 1. The van der Waals surface area contributed by atoms with Crippen molar-refractivity contribution in [3.63, 3.8) is 0 Å². The van der Waals surface area contributed by atoms with Gasteiger partial charge in [-0.05, 0) is 43.4 Å². The predicted octanol–water partition coefficient (Wildman–Crippen LogP) is 2.80. The highest BCUT2D eigenvalue weighted by Crippen LogP contribution is 2.42. The molecule has 1 atom stereocenters. The summed E-state index contributed by atoms with van der Waals surface area (Å²) < 4.78 is 36.4. The number of aromatic nitrogens is 4. The summed E-state index contributed by atoms with van der Waals surface area (Å²) in [5.41, 5.74) is 1.57. The number of amides is 1. The predicted molar refractivity (Wildman–Crippen MR) is 98.4 cm³/mol. The number of morpholine rings is 1. The molecule has 0 spiro atoms. The summed E-state index contributed by atoms with van der Waals surface area (Å²) in [5.74, 6) is -2.01. The third-order valence-electron chi connectivity index (χ3n) is 5.45. The first-order chi connectivity index (χ1) is 14.0. The van der Waals surface area contributed by atoms with Crippen molar-refractivity contribution in [3.8, 4) is 0 Å². The maximum absolute atomic E-state index is 14.6. The van der Waals surface area contributed by atoms with E-state index < -0.39 is 23.6 Å². The summed E-state index contributed by atoms with van der Waals surface area (Å²) in [4.78, 5) is 22.8. The monoisotopic (exact) mass is 399 g/mol. The van der Waals surface area contributed by atoms with Gasteiger partial charge in [0.15, 0.2) is 11.6 Å².